The molecule has 1 aliphatic heterocycles. The van der Waals surface area contributed by atoms with E-state index in [1.807, 2.05) is 0 Å². The van der Waals surface area contributed by atoms with Crippen molar-refractivity contribution >= 4 is 0 Å². The number of benzene rings is 1. The van der Waals surface area contributed by atoms with E-state index in [0.29, 0.717) is 0 Å². The van der Waals surface area contributed by atoms with Gasteiger partial charge in [-0.25, -0.2) is 0 Å². The quantitative estimate of drug-likeness (QED) is 0.789. The molecule has 0 atom stereocenters. The van der Waals surface area contributed by atoms with Gasteiger partial charge in [0.2, 0.25) is 0 Å². The summed E-state index contributed by atoms with van der Waals surface area (Å²) in [4.78, 5) is 2.54. The average molecular weight is 247 g/mol. The Kier molecular flexibility index (Phi) is 5.53. The molecule has 0 saturated carbocycles. The predicted octanol–water partition coefficient (Wildman–Crippen LogP) is 3.50. The molecule has 1 heterocycles. The fourth-order valence-corrected chi connectivity index (χ4v) is 2.47. The van der Waals surface area contributed by atoms with E-state index >= 15 is 0 Å². The van der Waals surface area contributed by atoms with Gasteiger partial charge in [0.25, 0.3) is 0 Å². The van der Waals surface area contributed by atoms with Crippen molar-refractivity contribution in [2.45, 2.75) is 39.0 Å². The van der Waals surface area contributed by atoms with Gasteiger partial charge in [0, 0.05) is 6.54 Å². The van der Waals surface area contributed by atoms with Gasteiger partial charge in [-0.1, -0.05) is 31.9 Å². The summed E-state index contributed by atoms with van der Waals surface area (Å²) in [7, 11) is 0. The number of rotatable bonds is 5. The molecule has 0 aliphatic carbocycles. The van der Waals surface area contributed by atoms with Crippen molar-refractivity contribution in [1.29, 1.82) is 0 Å². The Balaban J connectivity index is 1.70. The lowest BCUT2D eigenvalue weighted by Crippen LogP contribution is -2.29. The predicted molar refractivity (Wildman–Crippen MR) is 76.2 cm³/mol. The first kappa shape index (κ1) is 13.4. The van der Waals surface area contributed by atoms with Crippen molar-refractivity contribution in [2.24, 2.45) is 0 Å². The first-order chi connectivity index (χ1) is 8.88. The summed E-state index contributed by atoms with van der Waals surface area (Å²) in [6, 6.07) is 8.48. The summed E-state index contributed by atoms with van der Waals surface area (Å²) >= 11 is 0. The number of likely N-dealkylation sites (tertiary alicyclic amines) is 1. The van der Waals surface area contributed by atoms with Crippen molar-refractivity contribution in [3.05, 3.63) is 29.8 Å². The molecule has 0 amide bonds. The van der Waals surface area contributed by atoms with Crippen molar-refractivity contribution < 1.29 is 4.74 Å². The monoisotopic (exact) mass is 247 g/mol. The maximum atomic E-state index is 5.81. The third kappa shape index (κ3) is 4.34. The van der Waals surface area contributed by atoms with Crippen LogP contribution in [0.15, 0.2) is 24.3 Å². The van der Waals surface area contributed by atoms with Gasteiger partial charge in [0.15, 0.2) is 0 Å². The Morgan fingerprint density at radius 2 is 1.67 bits per heavy atom. The van der Waals surface area contributed by atoms with Gasteiger partial charge in [0.1, 0.15) is 12.4 Å². The van der Waals surface area contributed by atoms with Crippen molar-refractivity contribution in [3.63, 3.8) is 0 Å². The second kappa shape index (κ2) is 7.42. The molecule has 100 valence electrons. The zero-order chi connectivity index (χ0) is 12.6. The van der Waals surface area contributed by atoms with E-state index in [4.69, 9.17) is 4.74 Å². The second-order valence-electron chi connectivity index (χ2n) is 5.10. The minimum absolute atomic E-state index is 0.811. The molecule has 2 rings (SSSR count). The molecule has 1 saturated heterocycles. The lowest BCUT2D eigenvalue weighted by atomic mass is 10.2. The third-order valence-electron chi connectivity index (χ3n) is 3.71. The molecule has 2 nitrogen and oxygen atoms in total. The Morgan fingerprint density at radius 3 is 2.28 bits per heavy atom. The molecular formula is C16H25NO. The SMILES string of the molecule is CCc1ccc(OCCN2CCCCCC2)cc1. The largest absolute Gasteiger partial charge is 0.492 e. The highest BCUT2D eigenvalue weighted by atomic mass is 16.5. The summed E-state index contributed by atoms with van der Waals surface area (Å²) in [6.45, 7) is 6.55. The molecule has 1 aromatic carbocycles. The number of hydrogen-bond acceptors (Lipinski definition) is 2. The van der Waals surface area contributed by atoms with Crippen LogP contribution in [0.4, 0.5) is 0 Å². The normalized spacial score (nSPS) is 17.4. The molecule has 18 heavy (non-hydrogen) atoms. The van der Waals surface area contributed by atoms with Crippen LogP contribution in [-0.2, 0) is 6.42 Å². The Hall–Kier alpha value is -1.02. The van der Waals surface area contributed by atoms with Crippen LogP contribution >= 0.6 is 0 Å². The van der Waals surface area contributed by atoms with Gasteiger partial charge < -0.3 is 4.74 Å². The number of nitrogens with zero attached hydrogens (tertiary/aromatic N) is 1. The Morgan fingerprint density at radius 1 is 1.00 bits per heavy atom. The number of hydrogen-bond donors (Lipinski definition) is 0. The van der Waals surface area contributed by atoms with Gasteiger partial charge in [-0.15, -0.1) is 0 Å². The molecule has 1 aromatic rings. The smallest absolute Gasteiger partial charge is 0.119 e. The first-order valence-electron chi connectivity index (χ1n) is 7.32. The molecule has 0 unspecified atom stereocenters. The summed E-state index contributed by atoms with van der Waals surface area (Å²) in [5.74, 6) is 1.00. The van der Waals surface area contributed by atoms with Crippen LogP contribution in [0.3, 0.4) is 0 Å². The highest BCUT2D eigenvalue weighted by Gasteiger charge is 2.08. The lowest BCUT2D eigenvalue weighted by molar-refractivity contribution is 0.214. The van der Waals surface area contributed by atoms with Crippen LogP contribution in [0.5, 0.6) is 5.75 Å². The molecule has 1 fully saturated rings. The van der Waals surface area contributed by atoms with Crippen LogP contribution in [0, 0.1) is 0 Å². The second-order valence-corrected chi connectivity index (χ2v) is 5.10. The van der Waals surface area contributed by atoms with Gasteiger partial charge in [-0.3, -0.25) is 4.90 Å². The van der Waals surface area contributed by atoms with Crippen LogP contribution in [-0.4, -0.2) is 31.1 Å². The van der Waals surface area contributed by atoms with Gasteiger partial charge >= 0.3 is 0 Å². The van der Waals surface area contributed by atoms with Gasteiger partial charge in [0.05, 0.1) is 0 Å². The molecule has 0 N–H and O–H groups in total. The number of ether oxygens (including phenoxy) is 1. The van der Waals surface area contributed by atoms with Crippen LogP contribution in [0.25, 0.3) is 0 Å². The van der Waals surface area contributed by atoms with Gasteiger partial charge in [-0.2, -0.15) is 0 Å². The Bertz CT molecular complexity index is 325. The fourth-order valence-electron chi connectivity index (χ4n) is 2.47. The van der Waals surface area contributed by atoms with E-state index in [2.05, 4.69) is 36.1 Å². The van der Waals surface area contributed by atoms with Crippen molar-refractivity contribution in [3.8, 4) is 5.75 Å². The first-order valence-corrected chi connectivity index (χ1v) is 7.32. The summed E-state index contributed by atoms with van der Waals surface area (Å²) < 4.78 is 5.81. The molecule has 1 aliphatic rings. The fraction of sp³-hybridized carbons (Fsp3) is 0.625. The lowest BCUT2D eigenvalue weighted by Gasteiger charge is -2.19. The van der Waals surface area contributed by atoms with E-state index < -0.39 is 0 Å². The maximum Gasteiger partial charge on any atom is 0.119 e. The topological polar surface area (TPSA) is 12.5 Å². The third-order valence-corrected chi connectivity index (χ3v) is 3.71. The molecule has 0 bridgehead atoms. The summed E-state index contributed by atoms with van der Waals surface area (Å²) in [5.41, 5.74) is 1.37. The Labute approximate surface area is 111 Å². The minimum atomic E-state index is 0.811. The van der Waals surface area contributed by atoms with Crippen LogP contribution in [0.2, 0.25) is 0 Å². The molecule has 0 spiro atoms. The highest BCUT2D eigenvalue weighted by Crippen LogP contribution is 2.13. The molecule has 2 heteroatoms. The van der Waals surface area contributed by atoms with E-state index in [9.17, 15) is 0 Å². The number of aryl methyl sites for hydroxylation is 1. The van der Waals surface area contributed by atoms with Crippen LogP contribution in [0.1, 0.15) is 38.2 Å². The standard InChI is InChI=1S/C16H25NO/c1-2-15-7-9-16(10-8-15)18-14-13-17-11-5-3-4-6-12-17/h7-10H,2-6,11-14H2,1H3. The molecular weight excluding hydrogens is 222 g/mol. The average Bonchev–Trinajstić information content (AvgIpc) is 2.68. The zero-order valence-corrected chi connectivity index (χ0v) is 11.5. The maximum absolute atomic E-state index is 5.81. The zero-order valence-electron chi connectivity index (χ0n) is 11.5. The van der Waals surface area contributed by atoms with Gasteiger partial charge in [-0.05, 0) is 50.0 Å². The van der Waals surface area contributed by atoms with E-state index in [1.54, 1.807) is 0 Å². The van der Waals surface area contributed by atoms with Crippen molar-refractivity contribution in [1.82, 2.24) is 4.90 Å². The van der Waals surface area contributed by atoms with Crippen LogP contribution < -0.4 is 4.74 Å². The molecule has 0 radical (unpaired) electrons. The minimum Gasteiger partial charge on any atom is -0.492 e. The summed E-state index contributed by atoms with van der Waals surface area (Å²) in [6.07, 6.45) is 6.59. The molecule has 0 aromatic heterocycles. The summed E-state index contributed by atoms with van der Waals surface area (Å²) in [5, 5.41) is 0. The van der Waals surface area contributed by atoms with E-state index in [0.717, 1.165) is 25.3 Å². The highest BCUT2D eigenvalue weighted by molar-refractivity contribution is 5.27. The van der Waals surface area contributed by atoms with E-state index in [1.165, 1.54) is 44.3 Å². The van der Waals surface area contributed by atoms with Crippen molar-refractivity contribution in [2.75, 3.05) is 26.2 Å². The van der Waals surface area contributed by atoms with E-state index in [-0.39, 0.29) is 0 Å².